The smallest absolute Gasteiger partial charge is 0.292 e. The number of fused-ring (bicyclic) bond motifs is 1. The molecule has 1 heterocycles. The number of rotatable bonds is 5. The van der Waals surface area contributed by atoms with Crippen LogP contribution < -0.4 is 10.1 Å². The van der Waals surface area contributed by atoms with E-state index in [0.29, 0.717) is 16.8 Å². The number of ether oxygens (including phenoxy) is 1. The third kappa shape index (κ3) is 3.47. The number of phenols is 1. The van der Waals surface area contributed by atoms with Gasteiger partial charge in [-0.15, -0.1) is 0 Å². The molecule has 0 spiro atoms. The first-order valence-corrected chi connectivity index (χ1v) is 9.97. The molecule has 3 atom stereocenters. The van der Waals surface area contributed by atoms with Crippen LogP contribution in [0, 0.1) is 26.1 Å². The van der Waals surface area contributed by atoms with Crippen molar-refractivity contribution in [2.45, 2.75) is 18.9 Å². The maximum absolute atomic E-state index is 11.8. The summed E-state index contributed by atoms with van der Waals surface area (Å²) in [5, 5.41) is 36.7. The predicted octanol–water partition coefficient (Wildman–Crippen LogP) is 5.15. The molecule has 0 aliphatic carbocycles. The summed E-state index contributed by atoms with van der Waals surface area (Å²) in [7, 11) is 1.44. The number of nitrogens with one attached hydrogen (secondary N) is 1. The van der Waals surface area contributed by atoms with Gasteiger partial charge in [0.15, 0.2) is 11.5 Å². The molecule has 0 saturated carbocycles. The fourth-order valence-corrected chi connectivity index (χ4v) is 4.54. The van der Waals surface area contributed by atoms with Crippen LogP contribution in [0.25, 0.3) is 0 Å². The molecule has 0 bridgehead atoms. The summed E-state index contributed by atoms with van der Waals surface area (Å²) in [5.41, 5.74) is 2.10. The number of benzene rings is 3. The number of aromatic hydroxyl groups is 1. The highest BCUT2D eigenvalue weighted by atomic mass is 16.6. The standard InChI is InChI=1S/C23H21N3O6/c1-13-21(14-10-11-19(27)20(12-14)32-2)16-7-5-9-18(26(30)31)23(16)24-22(13)15-6-3-4-8-17(15)25(28)29/h3-13,21-22,24,27H,1-2H3/t13-,21+,22-/m0/s1. The second-order valence-electron chi connectivity index (χ2n) is 7.70. The van der Waals surface area contributed by atoms with Gasteiger partial charge in [0.2, 0.25) is 0 Å². The number of methoxy groups -OCH3 is 1. The number of nitrogens with zero attached hydrogens (tertiary/aromatic N) is 2. The Morgan fingerprint density at radius 1 is 0.938 bits per heavy atom. The van der Waals surface area contributed by atoms with E-state index in [9.17, 15) is 25.3 Å². The molecule has 0 aromatic heterocycles. The van der Waals surface area contributed by atoms with Gasteiger partial charge >= 0.3 is 0 Å². The van der Waals surface area contributed by atoms with Crippen molar-refractivity contribution in [2.24, 2.45) is 5.92 Å². The molecule has 0 unspecified atom stereocenters. The van der Waals surface area contributed by atoms with Crippen molar-refractivity contribution in [3.63, 3.8) is 0 Å². The maximum Gasteiger partial charge on any atom is 0.292 e. The molecular formula is C23H21N3O6. The van der Waals surface area contributed by atoms with Gasteiger partial charge < -0.3 is 15.2 Å². The molecule has 4 rings (SSSR count). The lowest BCUT2D eigenvalue weighted by Crippen LogP contribution is -2.31. The Morgan fingerprint density at radius 3 is 2.28 bits per heavy atom. The second-order valence-corrected chi connectivity index (χ2v) is 7.70. The van der Waals surface area contributed by atoms with E-state index < -0.39 is 15.9 Å². The van der Waals surface area contributed by atoms with Crippen LogP contribution in [0.15, 0.2) is 60.7 Å². The van der Waals surface area contributed by atoms with Crippen LogP contribution in [0.5, 0.6) is 11.5 Å². The molecule has 3 aromatic carbocycles. The first-order valence-electron chi connectivity index (χ1n) is 9.97. The van der Waals surface area contributed by atoms with Crippen molar-refractivity contribution < 1.29 is 19.7 Å². The molecule has 0 saturated heterocycles. The normalized spacial score (nSPS) is 19.5. The summed E-state index contributed by atoms with van der Waals surface area (Å²) >= 11 is 0. The lowest BCUT2D eigenvalue weighted by molar-refractivity contribution is -0.386. The van der Waals surface area contributed by atoms with Gasteiger partial charge in [-0.3, -0.25) is 20.2 Å². The Balaban J connectivity index is 1.95. The number of para-hydroxylation sites is 2. The molecule has 32 heavy (non-hydrogen) atoms. The van der Waals surface area contributed by atoms with E-state index in [1.165, 1.54) is 25.3 Å². The summed E-state index contributed by atoms with van der Waals surface area (Å²) < 4.78 is 5.26. The van der Waals surface area contributed by atoms with Crippen molar-refractivity contribution in [3.8, 4) is 11.5 Å². The summed E-state index contributed by atoms with van der Waals surface area (Å²) in [5.74, 6) is -0.305. The van der Waals surface area contributed by atoms with E-state index in [0.717, 1.165) is 5.56 Å². The van der Waals surface area contributed by atoms with Crippen LogP contribution in [0.3, 0.4) is 0 Å². The highest BCUT2D eigenvalue weighted by Crippen LogP contribution is 2.52. The predicted molar refractivity (Wildman–Crippen MR) is 118 cm³/mol. The zero-order chi connectivity index (χ0) is 23.0. The van der Waals surface area contributed by atoms with Crippen molar-refractivity contribution in [1.82, 2.24) is 0 Å². The topological polar surface area (TPSA) is 128 Å². The van der Waals surface area contributed by atoms with Gasteiger partial charge in [0.25, 0.3) is 11.4 Å². The number of hydrogen-bond acceptors (Lipinski definition) is 7. The first kappa shape index (κ1) is 21.1. The van der Waals surface area contributed by atoms with Gasteiger partial charge in [-0.05, 0) is 29.2 Å². The summed E-state index contributed by atoms with van der Waals surface area (Å²) in [6, 6.07) is 15.6. The van der Waals surface area contributed by atoms with Crippen LogP contribution in [0.1, 0.15) is 35.6 Å². The van der Waals surface area contributed by atoms with E-state index in [1.807, 2.05) is 13.0 Å². The lowest BCUT2D eigenvalue weighted by Gasteiger charge is -2.39. The minimum absolute atomic E-state index is 0.0210. The summed E-state index contributed by atoms with van der Waals surface area (Å²) in [6.07, 6.45) is 0. The monoisotopic (exact) mass is 435 g/mol. The summed E-state index contributed by atoms with van der Waals surface area (Å²) in [6.45, 7) is 1.94. The first-order chi connectivity index (χ1) is 15.3. The van der Waals surface area contributed by atoms with Crippen LogP contribution in [-0.4, -0.2) is 22.1 Å². The van der Waals surface area contributed by atoms with Crippen LogP contribution in [0.2, 0.25) is 0 Å². The molecule has 1 aliphatic rings. The van der Waals surface area contributed by atoms with Gasteiger partial charge in [0.1, 0.15) is 5.69 Å². The third-order valence-electron chi connectivity index (χ3n) is 5.99. The van der Waals surface area contributed by atoms with Crippen molar-refractivity contribution in [1.29, 1.82) is 0 Å². The largest absolute Gasteiger partial charge is 0.504 e. The SMILES string of the molecule is COc1cc([C@@H]2c3cccc([N+](=O)[O-])c3N[C@H](c3ccccc3[N+](=O)[O-])[C@H]2C)ccc1O. The second kappa shape index (κ2) is 8.18. The number of nitro benzene ring substituents is 2. The van der Waals surface area contributed by atoms with Gasteiger partial charge in [-0.2, -0.15) is 0 Å². The number of nitro groups is 2. The maximum atomic E-state index is 11.8. The van der Waals surface area contributed by atoms with E-state index in [4.69, 9.17) is 4.74 Å². The van der Waals surface area contributed by atoms with Crippen LogP contribution in [-0.2, 0) is 0 Å². The molecule has 9 nitrogen and oxygen atoms in total. The molecule has 164 valence electrons. The quantitative estimate of drug-likeness (QED) is 0.419. The van der Waals surface area contributed by atoms with E-state index in [2.05, 4.69) is 5.32 Å². The third-order valence-corrected chi connectivity index (χ3v) is 5.99. The Kier molecular flexibility index (Phi) is 5.40. The fraction of sp³-hybridized carbons (Fsp3) is 0.217. The van der Waals surface area contributed by atoms with Crippen molar-refractivity contribution >= 4 is 17.1 Å². The number of hydrogen-bond donors (Lipinski definition) is 2. The molecular weight excluding hydrogens is 414 g/mol. The molecule has 9 heteroatoms. The van der Waals surface area contributed by atoms with E-state index in [-0.39, 0.29) is 34.7 Å². The molecule has 0 fully saturated rings. The number of anilines is 1. The molecule has 1 aliphatic heterocycles. The Hall–Kier alpha value is -4.14. The minimum atomic E-state index is -0.560. The zero-order valence-electron chi connectivity index (χ0n) is 17.4. The number of phenolic OH excluding ortho intramolecular Hbond substituents is 1. The van der Waals surface area contributed by atoms with Gasteiger partial charge in [-0.1, -0.05) is 43.3 Å². The molecule has 3 aromatic rings. The highest BCUT2D eigenvalue weighted by molar-refractivity contribution is 5.72. The van der Waals surface area contributed by atoms with Crippen molar-refractivity contribution in [2.75, 3.05) is 12.4 Å². The van der Waals surface area contributed by atoms with Crippen LogP contribution >= 0.6 is 0 Å². The average Bonchev–Trinajstić information content (AvgIpc) is 2.78. The Bertz CT molecular complexity index is 1210. The average molecular weight is 435 g/mol. The molecule has 0 amide bonds. The van der Waals surface area contributed by atoms with E-state index >= 15 is 0 Å². The van der Waals surface area contributed by atoms with Crippen LogP contribution in [0.4, 0.5) is 17.1 Å². The lowest BCUT2D eigenvalue weighted by atomic mass is 9.72. The van der Waals surface area contributed by atoms with E-state index in [1.54, 1.807) is 36.4 Å². The van der Waals surface area contributed by atoms with Crippen molar-refractivity contribution in [3.05, 3.63) is 97.6 Å². The molecule has 2 N–H and O–H groups in total. The zero-order valence-corrected chi connectivity index (χ0v) is 17.4. The van der Waals surface area contributed by atoms with Gasteiger partial charge in [-0.25, -0.2) is 0 Å². The highest BCUT2D eigenvalue weighted by Gasteiger charge is 2.40. The van der Waals surface area contributed by atoms with Gasteiger partial charge in [0, 0.05) is 18.1 Å². The molecule has 0 radical (unpaired) electrons. The summed E-state index contributed by atoms with van der Waals surface area (Å²) in [4.78, 5) is 22.5. The Labute approximate surface area is 183 Å². The Morgan fingerprint density at radius 2 is 1.59 bits per heavy atom. The van der Waals surface area contributed by atoms with Gasteiger partial charge in [0.05, 0.1) is 28.6 Å². The minimum Gasteiger partial charge on any atom is -0.504 e. The fourth-order valence-electron chi connectivity index (χ4n) is 4.54.